The topological polar surface area (TPSA) is 89.9 Å². The van der Waals surface area contributed by atoms with E-state index in [2.05, 4.69) is 17.2 Å². The van der Waals surface area contributed by atoms with Gasteiger partial charge in [0, 0.05) is 13.0 Å². The smallest absolute Gasteiger partial charge is 0.326 e. The molecule has 0 bridgehead atoms. The van der Waals surface area contributed by atoms with Crippen LogP contribution in [0, 0.1) is 11.8 Å². The van der Waals surface area contributed by atoms with Crippen molar-refractivity contribution in [2.75, 3.05) is 13.1 Å². The van der Waals surface area contributed by atoms with Crippen LogP contribution in [0.15, 0.2) is 0 Å². The average molecular weight is 226 g/mol. The lowest BCUT2D eigenvalue weighted by Gasteiger charge is -2.20. The number of carboxylic acid groups (broad SMARTS) is 1. The SMILES string of the molecule is CC#CCNC(=O)N1C[C@@H](O)C[C@H]1C(=O)O. The van der Waals surface area contributed by atoms with Gasteiger partial charge in [0.25, 0.3) is 0 Å². The number of rotatable bonds is 2. The van der Waals surface area contributed by atoms with Gasteiger partial charge in [-0.25, -0.2) is 9.59 Å². The first-order valence-corrected chi connectivity index (χ1v) is 4.91. The molecular formula is C10H14N2O4. The van der Waals surface area contributed by atoms with Crippen LogP contribution in [0.25, 0.3) is 0 Å². The number of carboxylic acids is 1. The molecule has 3 N–H and O–H groups in total. The number of likely N-dealkylation sites (tertiary alicyclic amines) is 1. The predicted octanol–water partition coefficient (Wildman–Crippen LogP) is -0.761. The minimum atomic E-state index is -1.10. The van der Waals surface area contributed by atoms with Crippen LogP contribution in [0.2, 0.25) is 0 Å². The first-order valence-electron chi connectivity index (χ1n) is 4.91. The summed E-state index contributed by atoms with van der Waals surface area (Å²) in [5, 5.41) is 20.7. The summed E-state index contributed by atoms with van der Waals surface area (Å²) in [5.74, 6) is 4.14. The molecule has 88 valence electrons. The van der Waals surface area contributed by atoms with E-state index in [1.54, 1.807) is 6.92 Å². The van der Waals surface area contributed by atoms with Crippen molar-refractivity contribution in [3.05, 3.63) is 0 Å². The Kier molecular flexibility index (Phi) is 4.14. The Labute approximate surface area is 93.2 Å². The molecule has 0 saturated carbocycles. The highest BCUT2D eigenvalue weighted by Crippen LogP contribution is 2.17. The molecule has 1 fully saturated rings. The summed E-state index contributed by atoms with van der Waals surface area (Å²) < 4.78 is 0. The quantitative estimate of drug-likeness (QED) is 0.540. The van der Waals surface area contributed by atoms with E-state index in [4.69, 9.17) is 5.11 Å². The molecule has 0 radical (unpaired) electrons. The Morgan fingerprint density at radius 3 is 2.81 bits per heavy atom. The maximum Gasteiger partial charge on any atom is 0.326 e. The second kappa shape index (κ2) is 5.37. The Morgan fingerprint density at radius 2 is 2.25 bits per heavy atom. The van der Waals surface area contributed by atoms with Crippen molar-refractivity contribution in [2.24, 2.45) is 0 Å². The molecule has 0 aliphatic carbocycles. The molecule has 6 heteroatoms. The van der Waals surface area contributed by atoms with E-state index in [1.165, 1.54) is 0 Å². The zero-order valence-corrected chi connectivity index (χ0v) is 8.93. The Balaban J connectivity index is 2.58. The number of aliphatic hydroxyl groups is 1. The van der Waals surface area contributed by atoms with Crippen LogP contribution >= 0.6 is 0 Å². The second-order valence-corrected chi connectivity index (χ2v) is 3.48. The van der Waals surface area contributed by atoms with E-state index in [0.29, 0.717) is 0 Å². The number of nitrogens with one attached hydrogen (secondary N) is 1. The number of β-amino-alcohol motifs (C(OH)–C–C–N with tert-alkyl or cyclic N) is 1. The first-order chi connectivity index (χ1) is 7.56. The summed E-state index contributed by atoms with van der Waals surface area (Å²) in [6.45, 7) is 1.86. The molecule has 1 aliphatic rings. The number of aliphatic hydroxyl groups excluding tert-OH is 1. The molecule has 0 aromatic rings. The number of carbonyl (C=O) groups excluding carboxylic acids is 1. The van der Waals surface area contributed by atoms with Gasteiger partial charge in [-0.3, -0.25) is 0 Å². The van der Waals surface area contributed by atoms with Crippen LogP contribution in [0.5, 0.6) is 0 Å². The Morgan fingerprint density at radius 1 is 1.56 bits per heavy atom. The first kappa shape index (κ1) is 12.3. The summed E-state index contributed by atoms with van der Waals surface area (Å²) >= 11 is 0. The fourth-order valence-corrected chi connectivity index (χ4v) is 1.58. The van der Waals surface area contributed by atoms with E-state index < -0.39 is 24.1 Å². The highest BCUT2D eigenvalue weighted by Gasteiger charge is 2.38. The molecule has 16 heavy (non-hydrogen) atoms. The van der Waals surface area contributed by atoms with E-state index in [0.717, 1.165) is 4.90 Å². The zero-order valence-electron chi connectivity index (χ0n) is 8.93. The van der Waals surface area contributed by atoms with Crippen molar-refractivity contribution in [3.8, 4) is 11.8 Å². The molecule has 0 aromatic heterocycles. The number of hydrogen-bond acceptors (Lipinski definition) is 3. The Hall–Kier alpha value is -1.74. The van der Waals surface area contributed by atoms with Gasteiger partial charge in [0.1, 0.15) is 6.04 Å². The molecule has 0 aromatic carbocycles. The van der Waals surface area contributed by atoms with E-state index in [9.17, 15) is 14.7 Å². The van der Waals surface area contributed by atoms with Gasteiger partial charge in [0.05, 0.1) is 12.6 Å². The van der Waals surface area contributed by atoms with Crippen LogP contribution in [0.1, 0.15) is 13.3 Å². The van der Waals surface area contributed by atoms with Crippen LogP contribution in [0.3, 0.4) is 0 Å². The number of carbonyl (C=O) groups is 2. The maximum absolute atomic E-state index is 11.6. The van der Waals surface area contributed by atoms with Crippen molar-refractivity contribution in [1.82, 2.24) is 10.2 Å². The van der Waals surface area contributed by atoms with Crippen LogP contribution in [-0.2, 0) is 4.79 Å². The van der Waals surface area contributed by atoms with Gasteiger partial charge in [-0.1, -0.05) is 5.92 Å². The normalized spacial score (nSPS) is 23.5. The molecule has 1 rings (SSSR count). The Bertz CT molecular complexity index is 344. The number of urea groups is 1. The van der Waals surface area contributed by atoms with Crippen LogP contribution < -0.4 is 5.32 Å². The van der Waals surface area contributed by atoms with Crippen LogP contribution in [0.4, 0.5) is 4.79 Å². The highest BCUT2D eigenvalue weighted by molar-refractivity contribution is 5.83. The molecule has 2 atom stereocenters. The molecule has 1 saturated heterocycles. The van der Waals surface area contributed by atoms with E-state index >= 15 is 0 Å². The van der Waals surface area contributed by atoms with Crippen LogP contribution in [-0.4, -0.2) is 52.3 Å². The number of amides is 2. The monoisotopic (exact) mass is 226 g/mol. The third kappa shape index (κ3) is 2.87. The van der Waals surface area contributed by atoms with Gasteiger partial charge in [-0.05, 0) is 6.92 Å². The standard InChI is InChI=1S/C10H14N2O4/c1-2-3-4-11-10(16)12-6-7(13)5-8(12)9(14)15/h7-8,13H,4-6H2,1H3,(H,11,16)(H,14,15)/t7-,8-/m0/s1. The summed E-state index contributed by atoms with van der Waals surface area (Å²) in [5.41, 5.74) is 0. The van der Waals surface area contributed by atoms with Gasteiger partial charge in [-0.15, -0.1) is 5.92 Å². The highest BCUT2D eigenvalue weighted by atomic mass is 16.4. The van der Waals surface area contributed by atoms with Gasteiger partial charge in [0.2, 0.25) is 0 Å². The number of nitrogens with zero attached hydrogens (tertiary/aromatic N) is 1. The molecule has 1 aliphatic heterocycles. The lowest BCUT2D eigenvalue weighted by atomic mass is 10.2. The molecule has 6 nitrogen and oxygen atoms in total. The summed E-state index contributed by atoms with van der Waals surface area (Å²) in [7, 11) is 0. The average Bonchev–Trinajstić information content (AvgIpc) is 2.61. The summed E-state index contributed by atoms with van der Waals surface area (Å²) in [4.78, 5) is 23.5. The summed E-state index contributed by atoms with van der Waals surface area (Å²) in [6.07, 6.45) is -0.702. The van der Waals surface area contributed by atoms with Crippen molar-refractivity contribution >= 4 is 12.0 Å². The van der Waals surface area contributed by atoms with Crippen molar-refractivity contribution in [1.29, 1.82) is 0 Å². The second-order valence-electron chi connectivity index (χ2n) is 3.48. The lowest BCUT2D eigenvalue weighted by molar-refractivity contribution is -0.141. The molecule has 0 spiro atoms. The number of hydrogen-bond donors (Lipinski definition) is 3. The third-order valence-corrected chi connectivity index (χ3v) is 2.33. The van der Waals surface area contributed by atoms with Crippen molar-refractivity contribution < 1.29 is 19.8 Å². The van der Waals surface area contributed by atoms with Gasteiger partial charge >= 0.3 is 12.0 Å². The van der Waals surface area contributed by atoms with Crippen molar-refractivity contribution in [3.63, 3.8) is 0 Å². The largest absolute Gasteiger partial charge is 0.480 e. The predicted molar refractivity (Wildman–Crippen MR) is 55.6 cm³/mol. The fraction of sp³-hybridized carbons (Fsp3) is 0.600. The lowest BCUT2D eigenvalue weighted by Crippen LogP contribution is -2.46. The van der Waals surface area contributed by atoms with E-state index in [1.807, 2.05) is 0 Å². The zero-order chi connectivity index (χ0) is 12.1. The van der Waals surface area contributed by atoms with E-state index in [-0.39, 0.29) is 19.5 Å². The molecule has 2 amide bonds. The van der Waals surface area contributed by atoms with Gasteiger partial charge in [-0.2, -0.15) is 0 Å². The maximum atomic E-state index is 11.6. The minimum absolute atomic E-state index is 0.0440. The summed E-state index contributed by atoms with van der Waals surface area (Å²) in [6, 6.07) is -1.46. The fourth-order valence-electron chi connectivity index (χ4n) is 1.58. The third-order valence-electron chi connectivity index (χ3n) is 2.33. The van der Waals surface area contributed by atoms with Gasteiger partial charge < -0.3 is 20.4 Å². The molecule has 1 heterocycles. The number of aliphatic carboxylic acids is 1. The minimum Gasteiger partial charge on any atom is -0.480 e. The van der Waals surface area contributed by atoms with Gasteiger partial charge in [0.15, 0.2) is 0 Å². The molecule has 0 unspecified atom stereocenters. The van der Waals surface area contributed by atoms with Crippen molar-refractivity contribution in [2.45, 2.75) is 25.5 Å². The molecular weight excluding hydrogens is 212 g/mol.